The number of hydrogen-bond acceptors (Lipinski definition) is 5. The van der Waals surface area contributed by atoms with Crippen molar-refractivity contribution < 1.29 is 0 Å². The van der Waals surface area contributed by atoms with Crippen molar-refractivity contribution in [3.8, 4) is 0 Å². The summed E-state index contributed by atoms with van der Waals surface area (Å²) >= 11 is 0. The number of rotatable bonds is 3. The zero-order chi connectivity index (χ0) is 14.1. The van der Waals surface area contributed by atoms with Crippen molar-refractivity contribution in [3.63, 3.8) is 0 Å². The van der Waals surface area contributed by atoms with Crippen LogP contribution in [0.4, 0.5) is 5.82 Å². The average molecular weight is 286 g/mol. The van der Waals surface area contributed by atoms with Gasteiger partial charge in [-0.3, -0.25) is 4.90 Å². The van der Waals surface area contributed by atoms with Crippen molar-refractivity contribution in [1.82, 2.24) is 24.7 Å². The number of fused-ring (bicyclic) bond motifs is 1. The quantitative estimate of drug-likeness (QED) is 0.854. The van der Waals surface area contributed by atoms with Crippen LogP contribution in [0, 0.1) is 5.92 Å². The number of aromatic nitrogens is 4. The minimum Gasteiger partial charge on any atom is -0.353 e. The fourth-order valence-electron chi connectivity index (χ4n) is 3.60. The van der Waals surface area contributed by atoms with E-state index in [9.17, 15) is 0 Å². The first-order chi connectivity index (χ1) is 10.4. The number of anilines is 1. The molecule has 0 N–H and O–H groups in total. The molecule has 1 saturated carbocycles. The number of piperazine rings is 1. The summed E-state index contributed by atoms with van der Waals surface area (Å²) in [5, 5.41) is 12.5. The summed E-state index contributed by atoms with van der Waals surface area (Å²) < 4.78 is 1.75. The zero-order valence-corrected chi connectivity index (χ0v) is 12.4. The van der Waals surface area contributed by atoms with Gasteiger partial charge in [-0.2, -0.15) is 4.52 Å². The highest BCUT2D eigenvalue weighted by atomic mass is 15.4. The summed E-state index contributed by atoms with van der Waals surface area (Å²) in [6.07, 6.45) is 7.41. The van der Waals surface area contributed by atoms with Gasteiger partial charge in [0.15, 0.2) is 5.65 Å². The third-order valence-electron chi connectivity index (χ3n) is 4.84. The van der Waals surface area contributed by atoms with Gasteiger partial charge in [0.1, 0.15) is 12.1 Å². The third kappa shape index (κ3) is 2.72. The molecule has 0 radical (unpaired) electrons. The molecule has 3 heterocycles. The molecular weight excluding hydrogens is 264 g/mol. The highest BCUT2D eigenvalue weighted by Gasteiger charge is 2.23. The summed E-state index contributed by atoms with van der Waals surface area (Å²) in [5.74, 6) is 1.98. The van der Waals surface area contributed by atoms with Gasteiger partial charge in [-0.15, -0.1) is 15.3 Å². The van der Waals surface area contributed by atoms with E-state index in [1.807, 2.05) is 6.07 Å². The van der Waals surface area contributed by atoms with Crippen molar-refractivity contribution in [3.05, 3.63) is 18.5 Å². The van der Waals surface area contributed by atoms with E-state index in [1.165, 1.54) is 32.2 Å². The lowest BCUT2D eigenvalue weighted by atomic mass is 10.1. The summed E-state index contributed by atoms with van der Waals surface area (Å²) in [6, 6.07) is 4.04. The Morgan fingerprint density at radius 2 is 1.86 bits per heavy atom. The van der Waals surface area contributed by atoms with Crippen LogP contribution in [-0.2, 0) is 0 Å². The molecule has 2 aromatic rings. The summed E-state index contributed by atoms with van der Waals surface area (Å²) in [7, 11) is 0. The molecule has 2 aliphatic rings. The van der Waals surface area contributed by atoms with Crippen molar-refractivity contribution in [1.29, 1.82) is 0 Å². The van der Waals surface area contributed by atoms with E-state index < -0.39 is 0 Å². The molecule has 4 rings (SSSR count). The second-order valence-corrected chi connectivity index (χ2v) is 6.26. The lowest BCUT2D eigenvalue weighted by Gasteiger charge is -2.36. The van der Waals surface area contributed by atoms with E-state index in [2.05, 4.69) is 31.2 Å². The Bertz CT molecular complexity index is 595. The van der Waals surface area contributed by atoms with Gasteiger partial charge >= 0.3 is 0 Å². The Balaban J connectivity index is 1.37. The molecule has 0 unspecified atom stereocenters. The van der Waals surface area contributed by atoms with Crippen LogP contribution in [0.3, 0.4) is 0 Å². The SMILES string of the molecule is c1cc2nncn2nc1N1CCN(CC2CCCC2)CC1. The van der Waals surface area contributed by atoms with Gasteiger partial charge in [0.05, 0.1) is 0 Å². The molecule has 2 fully saturated rings. The fourth-order valence-corrected chi connectivity index (χ4v) is 3.60. The van der Waals surface area contributed by atoms with Gasteiger partial charge in [-0.05, 0) is 30.9 Å². The molecule has 112 valence electrons. The van der Waals surface area contributed by atoms with E-state index in [0.717, 1.165) is 43.6 Å². The molecule has 21 heavy (non-hydrogen) atoms. The van der Waals surface area contributed by atoms with Crippen LogP contribution in [0.2, 0.25) is 0 Å². The molecule has 0 aromatic carbocycles. The molecule has 6 nitrogen and oxygen atoms in total. The number of hydrogen-bond donors (Lipinski definition) is 0. The van der Waals surface area contributed by atoms with E-state index in [-0.39, 0.29) is 0 Å². The van der Waals surface area contributed by atoms with Crippen molar-refractivity contribution in [2.24, 2.45) is 5.92 Å². The fraction of sp³-hybridized carbons (Fsp3) is 0.667. The zero-order valence-electron chi connectivity index (χ0n) is 12.4. The molecule has 0 amide bonds. The van der Waals surface area contributed by atoms with Crippen LogP contribution in [0.25, 0.3) is 5.65 Å². The molecule has 1 aliphatic carbocycles. The van der Waals surface area contributed by atoms with Gasteiger partial charge in [0.25, 0.3) is 0 Å². The predicted octanol–water partition coefficient (Wildman–Crippen LogP) is 1.44. The summed E-state index contributed by atoms with van der Waals surface area (Å²) in [6.45, 7) is 5.73. The van der Waals surface area contributed by atoms with E-state index in [4.69, 9.17) is 0 Å². The second-order valence-electron chi connectivity index (χ2n) is 6.26. The molecule has 6 heteroatoms. The lowest BCUT2D eigenvalue weighted by Crippen LogP contribution is -2.48. The van der Waals surface area contributed by atoms with Crippen LogP contribution in [0.1, 0.15) is 25.7 Å². The molecule has 1 saturated heterocycles. The van der Waals surface area contributed by atoms with Crippen molar-refractivity contribution in [2.45, 2.75) is 25.7 Å². The van der Waals surface area contributed by atoms with Gasteiger partial charge in [-0.1, -0.05) is 12.8 Å². The minimum absolute atomic E-state index is 0.804. The van der Waals surface area contributed by atoms with E-state index in [1.54, 1.807) is 10.8 Å². The van der Waals surface area contributed by atoms with E-state index in [0.29, 0.717) is 0 Å². The van der Waals surface area contributed by atoms with Gasteiger partial charge < -0.3 is 4.90 Å². The maximum atomic E-state index is 4.59. The Morgan fingerprint density at radius 1 is 1.05 bits per heavy atom. The molecule has 0 spiro atoms. The van der Waals surface area contributed by atoms with Crippen LogP contribution in [0.5, 0.6) is 0 Å². The lowest BCUT2D eigenvalue weighted by molar-refractivity contribution is 0.219. The second kappa shape index (κ2) is 5.60. The van der Waals surface area contributed by atoms with Gasteiger partial charge in [-0.25, -0.2) is 0 Å². The molecule has 2 aromatic heterocycles. The van der Waals surface area contributed by atoms with Crippen LogP contribution < -0.4 is 4.90 Å². The first-order valence-electron chi connectivity index (χ1n) is 8.03. The smallest absolute Gasteiger partial charge is 0.177 e. The maximum absolute atomic E-state index is 4.59. The Labute approximate surface area is 124 Å². The number of nitrogens with zero attached hydrogens (tertiary/aromatic N) is 6. The largest absolute Gasteiger partial charge is 0.353 e. The topological polar surface area (TPSA) is 49.6 Å². The molecule has 0 atom stereocenters. The van der Waals surface area contributed by atoms with Gasteiger partial charge in [0, 0.05) is 32.7 Å². The highest BCUT2D eigenvalue weighted by Crippen LogP contribution is 2.26. The monoisotopic (exact) mass is 286 g/mol. The Hall–Kier alpha value is -1.69. The maximum Gasteiger partial charge on any atom is 0.177 e. The minimum atomic E-state index is 0.804. The molecule has 1 aliphatic heterocycles. The normalized spacial score (nSPS) is 21.4. The summed E-state index contributed by atoms with van der Waals surface area (Å²) in [4.78, 5) is 4.99. The molecular formula is C15H22N6. The first kappa shape index (κ1) is 13.0. The standard InChI is InChI=1S/C15H22N6/c1-2-4-13(3-1)11-19-7-9-20(10-8-19)15-6-5-14-17-16-12-21(14)18-15/h5-6,12-13H,1-4,7-11H2. The van der Waals surface area contributed by atoms with Gasteiger partial charge in [0.2, 0.25) is 0 Å². The van der Waals surface area contributed by atoms with Crippen LogP contribution >= 0.6 is 0 Å². The van der Waals surface area contributed by atoms with Crippen LogP contribution in [-0.4, -0.2) is 57.4 Å². The van der Waals surface area contributed by atoms with E-state index >= 15 is 0 Å². The first-order valence-corrected chi connectivity index (χ1v) is 8.03. The average Bonchev–Trinajstić information content (AvgIpc) is 3.18. The van der Waals surface area contributed by atoms with Crippen molar-refractivity contribution in [2.75, 3.05) is 37.6 Å². The Morgan fingerprint density at radius 3 is 2.67 bits per heavy atom. The Kier molecular flexibility index (Phi) is 3.47. The van der Waals surface area contributed by atoms with Crippen molar-refractivity contribution >= 4 is 11.5 Å². The van der Waals surface area contributed by atoms with Crippen LogP contribution in [0.15, 0.2) is 18.5 Å². The highest BCUT2D eigenvalue weighted by molar-refractivity contribution is 5.45. The predicted molar refractivity (Wildman–Crippen MR) is 81.4 cm³/mol. The molecule has 0 bridgehead atoms. The third-order valence-corrected chi connectivity index (χ3v) is 4.84. The summed E-state index contributed by atoms with van der Waals surface area (Å²) in [5.41, 5.74) is 0.804.